The van der Waals surface area contributed by atoms with Crippen molar-refractivity contribution in [3.8, 4) is 0 Å². The summed E-state index contributed by atoms with van der Waals surface area (Å²) in [6.07, 6.45) is 4.13. The highest BCUT2D eigenvalue weighted by Gasteiger charge is 2.07. The summed E-state index contributed by atoms with van der Waals surface area (Å²) < 4.78 is 26.0. The van der Waals surface area contributed by atoms with Gasteiger partial charge >= 0.3 is 0 Å². The molecule has 0 saturated carbocycles. The molecule has 0 fully saturated rings. The average Bonchev–Trinajstić information content (AvgIpc) is 2.16. The lowest BCUT2D eigenvalue weighted by Gasteiger charge is -2.05. The van der Waals surface area contributed by atoms with Gasteiger partial charge in [0.2, 0.25) is 0 Å². The molecule has 78 valence electrons. The Bertz CT molecular complexity index is 269. The molecule has 1 aromatic heterocycles. The molecular formula is C10H14F2N2. The number of pyridine rings is 1. The van der Waals surface area contributed by atoms with Crippen LogP contribution in [0.3, 0.4) is 0 Å². The minimum Gasteiger partial charge on any atom is -0.312 e. The van der Waals surface area contributed by atoms with E-state index in [9.17, 15) is 8.78 Å². The van der Waals surface area contributed by atoms with Crippen molar-refractivity contribution in [2.75, 3.05) is 6.54 Å². The number of nitrogens with one attached hydrogen (secondary N) is 1. The number of hydrogen-bond acceptors (Lipinski definition) is 2. The van der Waals surface area contributed by atoms with Gasteiger partial charge in [0.1, 0.15) is 11.6 Å². The van der Waals surface area contributed by atoms with Crippen molar-refractivity contribution in [3.63, 3.8) is 0 Å². The van der Waals surface area contributed by atoms with E-state index in [0.717, 1.165) is 31.8 Å². The predicted octanol–water partition coefficient (Wildman–Crippen LogP) is 2.25. The minimum atomic E-state index is -0.589. The van der Waals surface area contributed by atoms with Crippen molar-refractivity contribution in [1.29, 1.82) is 0 Å². The van der Waals surface area contributed by atoms with Crippen LogP contribution in [0.1, 0.15) is 25.3 Å². The second-order valence-corrected chi connectivity index (χ2v) is 3.11. The van der Waals surface area contributed by atoms with Gasteiger partial charge in [-0.25, -0.2) is 8.78 Å². The molecule has 0 spiro atoms. The fraction of sp³-hybridized carbons (Fsp3) is 0.500. The first-order valence-corrected chi connectivity index (χ1v) is 4.74. The zero-order chi connectivity index (χ0) is 10.4. The van der Waals surface area contributed by atoms with Crippen LogP contribution in [0.5, 0.6) is 0 Å². The molecule has 2 nitrogen and oxygen atoms in total. The number of unbranched alkanes of at least 4 members (excludes halogenated alkanes) is 1. The second-order valence-electron chi connectivity index (χ2n) is 3.11. The van der Waals surface area contributed by atoms with Gasteiger partial charge in [-0.3, -0.25) is 4.98 Å². The van der Waals surface area contributed by atoms with Crippen molar-refractivity contribution < 1.29 is 8.78 Å². The summed E-state index contributed by atoms with van der Waals surface area (Å²) in [7, 11) is 0. The third kappa shape index (κ3) is 3.03. The molecule has 0 aliphatic rings. The van der Waals surface area contributed by atoms with E-state index in [2.05, 4.69) is 17.2 Å². The van der Waals surface area contributed by atoms with E-state index in [1.54, 1.807) is 0 Å². The predicted molar refractivity (Wildman–Crippen MR) is 50.8 cm³/mol. The maximum atomic E-state index is 13.0. The van der Waals surface area contributed by atoms with Crippen molar-refractivity contribution >= 4 is 0 Å². The molecule has 0 saturated heterocycles. The molecule has 0 atom stereocenters. The van der Waals surface area contributed by atoms with Crippen LogP contribution in [0, 0.1) is 11.6 Å². The smallest absolute Gasteiger partial charge is 0.148 e. The molecule has 0 aromatic carbocycles. The minimum absolute atomic E-state index is 0.0658. The van der Waals surface area contributed by atoms with E-state index < -0.39 is 11.6 Å². The van der Waals surface area contributed by atoms with Gasteiger partial charge < -0.3 is 5.32 Å². The molecular weight excluding hydrogens is 186 g/mol. The van der Waals surface area contributed by atoms with Gasteiger partial charge in [-0.2, -0.15) is 0 Å². The number of rotatable bonds is 5. The van der Waals surface area contributed by atoms with Crippen LogP contribution in [-0.4, -0.2) is 11.5 Å². The van der Waals surface area contributed by atoms with Gasteiger partial charge in [0.05, 0.1) is 12.4 Å². The van der Waals surface area contributed by atoms with E-state index in [4.69, 9.17) is 0 Å². The molecule has 0 radical (unpaired) electrons. The van der Waals surface area contributed by atoms with Crippen molar-refractivity contribution in [2.24, 2.45) is 0 Å². The first-order chi connectivity index (χ1) is 6.75. The molecule has 4 heteroatoms. The maximum absolute atomic E-state index is 13.0. The van der Waals surface area contributed by atoms with Gasteiger partial charge in [0, 0.05) is 12.1 Å². The third-order valence-electron chi connectivity index (χ3n) is 1.96. The zero-order valence-corrected chi connectivity index (χ0v) is 8.19. The molecule has 0 unspecified atom stereocenters. The molecule has 1 N–H and O–H groups in total. The van der Waals surface area contributed by atoms with Crippen molar-refractivity contribution in [1.82, 2.24) is 10.3 Å². The van der Waals surface area contributed by atoms with Gasteiger partial charge in [-0.1, -0.05) is 13.3 Å². The molecule has 0 aliphatic carbocycles. The van der Waals surface area contributed by atoms with Crippen LogP contribution in [0.4, 0.5) is 8.78 Å². The van der Waals surface area contributed by atoms with Gasteiger partial charge in [0.25, 0.3) is 0 Å². The topological polar surface area (TPSA) is 24.9 Å². The molecule has 0 bridgehead atoms. The summed E-state index contributed by atoms with van der Waals surface area (Å²) in [5, 5.41) is 2.98. The first kappa shape index (κ1) is 11.0. The van der Waals surface area contributed by atoms with Crippen LogP contribution in [0.15, 0.2) is 12.4 Å². The zero-order valence-electron chi connectivity index (χ0n) is 8.19. The normalized spacial score (nSPS) is 10.5. The largest absolute Gasteiger partial charge is 0.312 e. The monoisotopic (exact) mass is 200 g/mol. The third-order valence-corrected chi connectivity index (χ3v) is 1.96. The second kappa shape index (κ2) is 5.65. The molecule has 0 amide bonds. The Morgan fingerprint density at radius 2 is 1.93 bits per heavy atom. The van der Waals surface area contributed by atoms with E-state index in [1.165, 1.54) is 0 Å². The first-order valence-electron chi connectivity index (χ1n) is 4.74. The van der Waals surface area contributed by atoms with Crippen LogP contribution < -0.4 is 5.32 Å². The number of halogens is 2. The Balaban J connectivity index is 2.49. The Morgan fingerprint density at radius 1 is 1.29 bits per heavy atom. The molecule has 1 aromatic rings. The molecule has 0 aliphatic heterocycles. The fourth-order valence-electron chi connectivity index (χ4n) is 1.12. The summed E-state index contributed by atoms with van der Waals surface area (Å²) in [6.45, 7) is 3.06. The quantitative estimate of drug-likeness (QED) is 0.737. The lowest BCUT2D eigenvalue weighted by Crippen LogP contribution is -2.16. The maximum Gasteiger partial charge on any atom is 0.148 e. The summed E-state index contributed by atoms with van der Waals surface area (Å²) >= 11 is 0. The number of nitrogens with zero attached hydrogens (tertiary/aromatic N) is 1. The Kier molecular flexibility index (Phi) is 4.46. The molecule has 1 heterocycles. The standard InChI is InChI=1S/C10H14F2N2/c1-2-3-4-13-5-8-9(11)6-14-7-10(8)12/h6-7,13H,2-5H2,1H3. The fourth-order valence-corrected chi connectivity index (χ4v) is 1.12. The van der Waals surface area contributed by atoms with Gasteiger partial charge in [-0.05, 0) is 13.0 Å². The molecule has 14 heavy (non-hydrogen) atoms. The molecule has 1 rings (SSSR count). The lowest BCUT2D eigenvalue weighted by molar-refractivity contribution is 0.524. The highest BCUT2D eigenvalue weighted by Crippen LogP contribution is 2.09. The number of aromatic nitrogens is 1. The van der Waals surface area contributed by atoms with Crippen LogP contribution >= 0.6 is 0 Å². The van der Waals surface area contributed by atoms with E-state index in [0.29, 0.717) is 0 Å². The van der Waals surface area contributed by atoms with Crippen molar-refractivity contribution in [2.45, 2.75) is 26.3 Å². The average molecular weight is 200 g/mol. The Hall–Kier alpha value is -1.03. The highest BCUT2D eigenvalue weighted by atomic mass is 19.1. The summed E-state index contributed by atoms with van der Waals surface area (Å²) in [5.41, 5.74) is 0.0658. The Labute approximate surface area is 82.4 Å². The SMILES string of the molecule is CCCCNCc1c(F)cncc1F. The highest BCUT2D eigenvalue weighted by molar-refractivity contribution is 5.14. The summed E-state index contributed by atoms with van der Waals surface area (Å²) in [5.74, 6) is -1.18. The lowest BCUT2D eigenvalue weighted by atomic mass is 10.2. The number of hydrogen-bond donors (Lipinski definition) is 1. The van der Waals surface area contributed by atoms with Gasteiger partial charge in [-0.15, -0.1) is 0 Å². The van der Waals surface area contributed by atoms with E-state index in [-0.39, 0.29) is 12.1 Å². The van der Waals surface area contributed by atoms with Crippen molar-refractivity contribution in [3.05, 3.63) is 29.6 Å². The van der Waals surface area contributed by atoms with Gasteiger partial charge in [0.15, 0.2) is 0 Å². The Morgan fingerprint density at radius 3 is 2.50 bits per heavy atom. The van der Waals surface area contributed by atoms with E-state index in [1.807, 2.05) is 0 Å². The van der Waals surface area contributed by atoms with E-state index >= 15 is 0 Å². The summed E-state index contributed by atoms with van der Waals surface area (Å²) in [6, 6.07) is 0. The summed E-state index contributed by atoms with van der Waals surface area (Å²) in [4.78, 5) is 3.41. The van der Waals surface area contributed by atoms with Crippen LogP contribution in [-0.2, 0) is 6.54 Å². The van der Waals surface area contributed by atoms with Crippen LogP contribution in [0.25, 0.3) is 0 Å². The van der Waals surface area contributed by atoms with Crippen LogP contribution in [0.2, 0.25) is 0 Å².